The number of halogens is 1. The second-order valence-corrected chi connectivity index (χ2v) is 7.14. The summed E-state index contributed by atoms with van der Waals surface area (Å²) in [5.74, 6) is 5.01. The Morgan fingerprint density at radius 3 is 2.97 bits per heavy atom. The Morgan fingerprint density at radius 2 is 2.21 bits per heavy atom. The first kappa shape index (κ1) is 19.1. The van der Waals surface area contributed by atoms with Gasteiger partial charge < -0.3 is 13.9 Å². The molecule has 0 bridgehead atoms. The summed E-state index contributed by atoms with van der Waals surface area (Å²) in [5.41, 5.74) is 2.32. The van der Waals surface area contributed by atoms with Gasteiger partial charge in [-0.25, -0.2) is 9.98 Å². The molecule has 0 N–H and O–H groups in total. The number of furan rings is 1. The molecule has 6 nitrogen and oxygen atoms in total. The van der Waals surface area contributed by atoms with Crippen LogP contribution >= 0.6 is 22.6 Å². The van der Waals surface area contributed by atoms with E-state index in [2.05, 4.69) is 33.5 Å². The van der Waals surface area contributed by atoms with Crippen molar-refractivity contribution < 1.29 is 13.9 Å². The Bertz CT molecular complexity index is 1220. The standard InChI is InChI=1S/C22H16IN3O3/c1-3-10-29-21-16(23)12-15(13-18(21)27-2)14-24-22-20(17-7-6-11-28-17)25-19-8-4-5-9-26(19)22/h1,4-9,11-14H,10H2,2H3/b24-14+. The van der Waals surface area contributed by atoms with Crippen LogP contribution in [0.2, 0.25) is 0 Å². The molecule has 0 unspecified atom stereocenters. The van der Waals surface area contributed by atoms with Gasteiger partial charge in [-0.3, -0.25) is 4.40 Å². The monoisotopic (exact) mass is 497 g/mol. The van der Waals surface area contributed by atoms with Crippen molar-refractivity contribution in [2.75, 3.05) is 13.7 Å². The molecule has 0 aliphatic heterocycles. The number of nitrogens with zero attached hydrogens (tertiary/aromatic N) is 3. The summed E-state index contributed by atoms with van der Waals surface area (Å²) in [6.45, 7) is 0.175. The predicted octanol–water partition coefficient (Wildman–Crippen LogP) is 4.97. The Kier molecular flexibility index (Phi) is 5.53. The molecule has 1 aromatic carbocycles. The fourth-order valence-electron chi connectivity index (χ4n) is 2.89. The number of rotatable bonds is 6. The van der Waals surface area contributed by atoms with Crippen LogP contribution in [-0.4, -0.2) is 29.3 Å². The van der Waals surface area contributed by atoms with E-state index < -0.39 is 0 Å². The lowest BCUT2D eigenvalue weighted by Crippen LogP contribution is -2.00. The van der Waals surface area contributed by atoms with Gasteiger partial charge in [0.2, 0.25) is 0 Å². The molecule has 29 heavy (non-hydrogen) atoms. The van der Waals surface area contributed by atoms with E-state index in [-0.39, 0.29) is 6.61 Å². The summed E-state index contributed by atoms with van der Waals surface area (Å²) in [4.78, 5) is 9.37. The van der Waals surface area contributed by atoms with Gasteiger partial charge in [-0.2, -0.15) is 0 Å². The van der Waals surface area contributed by atoms with Crippen LogP contribution in [0.1, 0.15) is 5.56 Å². The minimum absolute atomic E-state index is 0.175. The molecule has 0 amide bonds. The number of hydrogen-bond acceptors (Lipinski definition) is 5. The number of aromatic nitrogens is 2. The first-order chi connectivity index (χ1) is 14.2. The number of ether oxygens (including phenoxy) is 2. The summed E-state index contributed by atoms with van der Waals surface area (Å²) in [6.07, 6.45) is 10.6. The van der Waals surface area contributed by atoms with Crippen molar-refractivity contribution in [2.24, 2.45) is 4.99 Å². The van der Waals surface area contributed by atoms with Gasteiger partial charge in [0, 0.05) is 12.4 Å². The number of imidazole rings is 1. The van der Waals surface area contributed by atoms with Gasteiger partial charge in [-0.15, -0.1) is 6.42 Å². The van der Waals surface area contributed by atoms with Gasteiger partial charge in [-0.05, 0) is 64.6 Å². The molecular formula is C22H16IN3O3. The van der Waals surface area contributed by atoms with E-state index in [0.29, 0.717) is 28.8 Å². The normalized spacial score (nSPS) is 11.1. The highest BCUT2D eigenvalue weighted by atomic mass is 127. The minimum Gasteiger partial charge on any atom is -0.493 e. The van der Waals surface area contributed by atoms with Crippen molar-refractivity contribution in [1.82, 2.24) is 9.38 Å². The van der Waals surface area contributed by atoms with E-state index >= 15 is 0 Å². The number of benzene rings is 1. The molecule has 0 spiro atoms. The van der Waals surface area contributed by atoms with Crippen molar-refractivity contribution in [2.45, 2.75) is 0 Å². The third kappa shape index (κ3) is 3.84. The van der Waals surface area contributed by atoms with Crippen LogP contribution in [0.25, 0.3) is 17.1 Å². The number of aliphatic imine (C=N–C) groups is 1. The van der Waals surface area contributed by atoms with Crippen molar-refractivity contribution in [3.8, 4) is 35.3 Å². The largest absolute Gasteiger partial charge is 0.493 e. The van der Waals surface area contributed by atoms with Crippen LogP contribution in [0.5, 0.6) is 11.5 Å². The fourth-order valence-corrected chi connectivity index (χ4v) is 3.67. The molecule has 3 aromatic heterocycles. The summed E-state index contributed by atoms with van der Waals surface area (Å²) >= 11 is 2.19. The Labute approximate surface area is 181 Å². The Balaban J connectivity index is 1.77. The quantitative estimate of drug-likeness (QED) is 0.215. The molecule has 0 fully saturated rings. The first-order valence-corrected chi connectivity index (χ1v) is 9.78. The second kappa shape index (κ2) is 8.41. The number of fused-ring (bicyclic) bond motifs is 1. The molecule has 3 heterocycles. The predicted molar refractivity (Wildman–Crippen MR) is 120 cm³/mol. The molecule has 4 rings (SSSR count). The van der Waals surface area contributed by atoms with E-state index in [4.69, 9.17) is 25.3 Å². The van der Waals surface area contributed by atoms with Crippen molar-refractivity contribution >= 4 is 40.3 Å². The van der Waals surface area contributed by atoms with E-state index in [9.17, 15) is 0 Å². The average molecular weight is 497 g/mol. The highest BCUT2D eigenvalue weighted by Gasteiger charge is 2.16. The zero-order valence-corrected chi connectivity index (χ0v) is 17.7. The van der Waals surface area contributed by atoms with Gasteiger partial charge in [0.1, 0.15) is 12.3 Å². The minimum atomic E-state index is 0.175. The van der Waals surface area contributed by atoms with Crippen molar-refractivity contribution in [3.05, 3.63) is 64.1 Å². The van der Waals surface area contributed by atoms with E-state index in [1.807, 2.05) is 53.1 Å². The summed E-state index contributed by atoms with van der Waals surface area (Å²) in [5, 5.41) is 0. The van der Waals surface area contributed by atoms with Gasteiger partial charge in [0.15, 0.2) is 28.8 Å². The number of methoxy groups -OCH3 is 1. The zero-order valence-electron chi connectivity index (χ0n) is 15.5. The highest BCUT2D eigenvalue weighted by molar-refractivity contribution is 14.1. The smallest absolute Gasteiger partial charge is 0.175 e. The topological polar surface area (TPSA) is 61.3 Å². The maximum absolute atomic E-state index is 5.60. The van der Waals surface area contributed by atoms with Crippen LogP contribution in [-0.2, 0) is 0 Å². The molecule has 0 radical (unpaired) electrons. The Morgan fingerprint density at radius 1 is 1.31 bits per heavy atom. The zero-order chi connectivity index (χ0) is 20.2. The highest BCUT2D eigenvalue weighted by Crippen LogP contribution is 2.34. The van der Waals surface area contributed by atoms with E-state index in [0.717, 1.165) is 14.8 Å². The average Bonchev–Trinajstić information content (AvgIpc) is 3.38. The lowest BCUT2D eigenvalue weighted by molar-refractivity contribution is 0.328. The molecule has 0 saturated carbocycles. The fraction of sp³-hybridized carbons (Fsp3) is 0.0909. The molecule has 144 valence electrons. The summed E-state index contributed by atoms with van der Waals surface area (Å²) < 4.78 is 19.4. The molecule has 7 heteroatoms. The molecule has 0 atom stereocenters. The van der Waals surface area contributed by atoms with Gasteiger partial charge >= 0.3 is 0 Å². The van der Waals surface area contributed by atoms with Gasteiger partial charge in [0.25, 0.3) is 0 Å². The SMILES string of the molecule is C#CCOc1c(I)cc(/C=N/c2c(-c3ccco3)nc3ccccn23)cc1OC. The number of terminal acetylenes is 1. The third-order valence-corrected chi connectivity index (χ3v) is 4.95. The summed E-state index contributed by atoms with van der Waals surface area (Å²) in [6, 6.07) is 13.3. The second-order valence-electron chi connectivity index (χ2n) is 5.98. The Hall–Kier alpha value is -3.25. The lowest BCUT2D eigenvalue weighted by Gasteiger charge is -2.11. The molecule has 0 saturated heterocycles. The van der Waals surface area contributed by atoms with Crippen molar-refractivity contribution in [1.29, 1.82) is 0 Å². The van der Waals surface area contributed by atoms with E-state index in [1.165, 1.54) is 0 Å². The molecular weight excluding hydrogens is 481 g/mol. The first-order valence-electron chi connectivity index (χ1n) is 8.70. The number of pyridine rings is 1. The molecule has 0 aliphatic rings. The maximum atomic E-state index is 5.60. The third-order valence-electron chi connectivity index (χ3n) is 4.15. The molecule has 0 aliphatic carbocycles. The van der Waals surface area contributed by atoms with Crippen LogP contribution < -0.4 is 9.47 Å². The maximum Gasteiger partial charge on any atom is 0.175 e. The number of hydrogen-bond donors (Lipinski definition) is 0. The van der Waals surface area contributed by atoms with E-state index in [1.54, 1.807) is 19.6 Å². The van der Waals surface area contributed by atoms with Gasteiger partial charge in [0.05, 0.1) is 16.9 Å². The van der Waals surface area contributed by atoms with Crippen LogP contribution in [0.15, 0.2) is 64.3 Å². The van der Waals surface area contributed by atoms with Crippen LogP contribution in [0, 0.1) is 15.9 Å². The summed E-state index contributed by atoms with van der Waals surface area (Å²) in [7, 11) is 1.59. The van der Waals surface area contributed by atoms with Crippen LogP contribution in [0.3, 0.4) is 0 Å². The molecule has 4 aromatic rings. The van der Waals surface area contributed by atoms with Gasteiger partial charge in [-0.1, -0.05) is 12.0 Å². The van der Waals surface area contributed by atoms with Crippen LogP contribution in [0.4, 0.5) is 5.82 Å². The van der Waals surface area contributed by atoms with Crippen molar-refractivity contribution in [3.63, 3.8) is 0 Å². The lowest BCUT2D eigenvalue weighted by atomic mass is 10.2.